The third-order valence-corrected chi connectivity index (χ3v) is 13.4. The van der Waals surface area contributed by atoms with Gasteiger partial charge in [-0.05, 0) is 154 Å². The predicted molar refractivity (Wildman–Crippen MR) is 280 cm³/mol. The molecule has 2 nitrogen and oxygen atoms in total. The van der Waals surface area contributed by atoms with E-state index in [1.54, 1.807) is 0 Å². The lowest BCUT2D eigenvalue weighted by atomic mass is 9.94. The highest BCUT2D eigenvalue weighted by Gasteiger charge is 2.17. The van der Waals surface area contributed by atoms with E-state index in [9.17, 15) is 0 Å². The summed E-state index contributed by atoms with van der Waals surface area (Å²) in [5.41, 5.74) is 14.5. The lowest BCUT2D eigenvalue weighted by Gasteiger charge is -2.27. The summed E-state index contributed by atoms with van der Waals surface area (Å²) in [6.45, 7) is 0. The van der Waals surface area contributed by atoms with E-state index in [0.717, 1.165) is 61.3 Å². The summed E-state index contributed by atoms with van der Waals surface area (Å²) in [7, 11) is 0. The minimum atomic E-state index is 0.891. The van der Waals surface area contributed by atoms with Gasteiger partial charge in [0.15, 0.2) is 0 Å². The maximum absolute atomic E-state index is 6.39. The van der Waals surface area contributed by atoms with Crippen molar-refractivity contribution in [1.29, 1.82) is 0 Å². The average Bonchev–Trinajstić information content (AvgIpc) is 3.77. The van der Waals surface area contributed by atoms with Gasteiger partial charge >= 0.3 is 0 Å². The highest BCUT2D eigenvalue weighted by Crippen LogP contribution is 2.43. The van der Waals surface area contributed by atoms with Crippen molar-refractivity contribution >= 4 is 82.1 Å². The van der Waals surface area contributed by atoms with E-state index < -0.39 is 0 Å². The molecule has 0 aliphatic heterocycles. The van der Waals surface area contributed by atoms with Crippen LogP contribution in [0.25, 0.3) is 110 Å². The van der Waals surface area contributed by atoms with E-state index >= 15 is 0 Å². The fourth-order valence-corrected chi connectivity index (χ4v) is 10.2. The molecule has 0 atom stereocenters. The van der Waals surface area contributed by atoms with Crippen LogP contribution in [0.5, 0.6) is 0 Å². The van der Waals surface area contributed by atoms with Gasteiger partial charge in [0, 0.05) is 27.8 Å². The molecule has 0 saturated heterocycles. The number of furan rings is 1. The van der Waals surface area contributed by atoms with Gasteiger partial charge < -0.3 is 9.32 Å². The second-order valence-corrected chi connectivity index (χ2v) is 17.2. The predicted octanol–water partition coefficient (Wildman–Crippen LogP) is 18.3. The van der Waals surface area contributed by atoms with Crippen LogP contribution in [0.2, 0.25) is 0 Å². The van der Waals surface area contributed by atoms with E-state index in [-0.39, 0.29) is 0 Å². The molecule has 0 aliphatic carbocycles. The summed E-state index contributed by atoms with van der Waals surface area (Å²) < 4.78 is 6.39. The average molecular weight is 840 g/mol. The third kappa shape index (κ3) is 6.42. The zero-order valence-electron chi connectivity index (χ0n) is 36.0. The first-order valence-corrected chi connectivity index (χ1v) is 22.6. The quantitative estimate of drug-likeness (QED) is 0.149. The topological polar surface area (TPSA) is 16.4 Å². The molecule has 12 aromatic carbocycles. The number of rotatable bonds is 7. The van der Waals surface area contributed by atoms with Gasteiger partial charge in [0.2, 0.25) is 0 Å². The summed E-state index contributed by atoms with van der Waals surface area (Å²) in [5.74, 6) is 0. The number of fused-ring (bicyclic) bond motifs is 10. The van der Waals surface area contributed by atoms with Gasteiger partial charge in [-0.1, -0.05) is 182 Å². The smallest absolute Gasteiger partial charge is 0.135 e. The van der Waals surface area contributed by atoms with Gasteiger partial charge in [0.05, 0.1) is 0 Å². The molecule has 0 spiro atoms. The maximum Gasteiger partial charge on any atom is 0.135 e. The molecule has 66 heavy (non-hydrogen) atoms. The molecule has 1 aromatic heterocycles. The molecular weight excluding hydrogens is 799 g/mol. The summed E-state index contributed by atoms with van der Waals surface area (Å²) in [6.07, 6.45) is 0. The second-order valence-electron chi connectivity index (χ2n) is 17.2. The Morgan fingerprint density at radius 2 is 0.652 bits per heavy atom. The minimum absolute atomic E-state index is 0.891. The van der Waals surface area contributed by atoms with Crippen molar-refractivity contribution < 1.29 is 4.42 Å². The van der Waals surface area contributed by atoms with Crippen molar-refractivity contribution in [3.05, 3.63) is 249 Å². The Labute approximate surface area is 382 Å². The van der Waals surface area contributed by atoms with Crippen molar-refractivity contribution in [3.63, 3.8) is 0 Å². The van der Waals surface area contributed by atoms with Gasteiger partial charge in [0.25, 0.3) is 0 Å². The Morgan fingerprint density at radius 1 is 0.227 bits per heavy atom. The Kier molecular flexibility index (Phi) is 8.89. The summed E-state index contributed by atoms with van der Waals surface area (Å²) in [6, 6.07) is 90.2. The van der Waals surface area contributed by atoms with Gasteiger partial charge in [-0.25, -0.2) is 0 Å². The third-order valence-electron chi connectivity index (χ3n) is 13.4. The number of anilines is 3. The van der Waals surface area contributed by atoms with Gasteiger partial charge in [-0.3, -0.25) is 0 Å². The molecule has 0 radical (unpaired) electrons. The Morgan fingerprint density at radius 3 is 1.32 bits per heavy atom. The Hall–Kier alpha value is -8.72. The normalized spacial score (nSPS) is 11.6. The molecule has 0 saturated carbocycles. The molecule has 0 N–H and O–H groups in total. The number of benzene rings is 12. The standard InChI is InChI=1S/C64H41NO/c1-2-12-42(13-3-1)43-24-30-50(31-25-43)65(52-34-35-59-57-21-7-6-19-55(57)56-20-8-9-22-58(56)60(59)41-52)51-32-26-44(27-33-51)46-16-10-17-47(38-46)48-28-36-63-61(39-48)62-40-49(29-37-64(62)66-63)54-23-11-15-45-14-4-5-18-53(45)54/h1-41H. The summed E-state index contributed by atoms with van der Waals surface area (Å²) in [4.78, 5) is 2.38. The zero-order valence-corrected chi connectivity index (χ0v) is 36.0. The van der Waals surface area contributed by atoms with Gasteiger partial charge in [0.1, 0.15) is 11.2 Å². The van der Waals surface area contributed by atoms with Crippen molar-refractivity contribution in [2.24, 2.45) is 0 Å². The van der Waals surface area contributed by atoms with Crippen LogP contribution in [0.4, 0.5) is 17.1 Å². The minimum Gasteiger partial charge on any atom is -0.456 e. The zero-order chi connectivity index (χ0) is 43.6. The Bertz CT molecular complexity index is 3940. The SMILES string of the molecule is c1ccc(-c2ccc(N(c3ccc(-c4cccc(-c5ccc6oc7ccc(-c8cccc9ccccc89)cc7c6c5)c4)cc3)c3ccc4c5ccccc5c5ccccc5c4c3)cc2)cc1. The van der Waals surface area contributed by atoms with E-state index in [2.05, 4.69) is 254 Å². The van der Waals surface area contributed by atoms with Crippen LogP contribution in [0.15, 0.2) is 253 Å². The number of hydrogen-bond donors (Lipinski definition) is 0. The van der Waals surface area contributed by atoms with E-state index in [1.165, 1.54) is 65.3 Å². The maximum atomic E-state index is 6.39. The van der Waals surface area contributed by atoms with Crippen LogP contribution in [-0.2, 0) is 0 Å². The van der Waals surface area contributed by atoms with Crippen LogP contribution >= 0.6 is 0 Å². The van der Waals surface area contributed by atoms with E-state index in [1.807, 2.05) is 0 Å². The summed E-state index contributed by atoms with van der Waals surface area (Å²) >= 11 is 0. The molecule has 0 unspecified atom stereocenters. The van der Waals surface area contributed by atoms with Crippen LogP contribution in [0, 0.1) is 0 Å². The lowest BCUT2D eigenvalue weighted by molar-refractivity contribution is 0.669. The molecule has 0 fully saturated rings. The first kappa shape index (κ1) is 37.8. The molecule has 2 heteroatoms. The molecule has 308 valence electrons. The summed E-state index contributed by atoms with van der Waals surface area (Å²) in [5, 5.41) is 12.3. The van der Waals surface area contributed by atoms with Crippen molar-refractivity contribution in [3.8, 4) is 44.5 Å². The highest BCUT2D eigenvalue weighted by molar-refractivity contribution is 6.26. The first-order chi connectivity index (χ1) is 32.7. The highest BCUT2D eigenvalue weighted by atomic mass is 16.3. The second kappa shape index (κ2) is 15.5. The first-order valence-electron chi connectivity index (χ1n) is 22.6. The molecule has 13 rings (SSSR count). The molecule has 1 heterocycles. The lowest BCUT2D eigenvalue weighted by Crippen LogP contribution is -2.10. The molecular formula is C64H41NO. The number of hydrogen-bond acceptors (Lipinski definition) is 2. The Balaban J connectivity index is 0.878. The number of nitrogens with zero attached hydrogens (tertiary/aromatic N) is 1. The van der Waals surface area contributed by atoms with E-state index in [4.69, 9.17) is 4.42 Å². The van der Waals surface area contributed by atoms with E-state index in [0.29, 0.717) is 0 Å². The van der Waals surface area contributed by atoms with Crippen molar-refractivity contribution in [2.45, 2.75) is 0 Å². The van der Waals surface area contributed by atoms with Crippen LogP contribution in [-0.4, -0.2) is 0 Å². The largest absolute Gasteiger partial charge is 0.456 e. The molecule has 0 bridgehead atoms. The van der Waals surface area contributed by atoms with Crippen LogP contribution < -0.4 is 4.90 Å². The van der Waals surface area contributed by atoms with Crippen molar-refractivity contribution in [2.75, 3.05) is 4.90 Å². The fraction of sp³-hybridized carbons (Fsp3) is 0. The van der Waals surface area contributed by atoms with Gasteiger partial charge in [-0.2, -0.15) is 0 Å². The monoisotopic (exact) mass is 839 g/mol. The van der Waals surface area contributed by atoms with Crippen LogP contribution in [0.3, 0.4) is 0 Å². The van der Waals surface area contributed by atoms with Crippen molar-refractivity contribution in [1.82, 2.24) is 0 Å². The molecule has 0 amide bonds. The fourth-order valence-electron chi connectivity index (χ4n) is 10.2. The van der Waals surface area contributed by atoms with Gasteiger partial charge in [-0.15, -0.1) is 0 Å². The molecule has 0 aliphatic rings. The molecule has 13 aromatic rings. The van der Waals surface area contributed by atoms with Crippen LogP contribution in [0.1, 0.15) is 0 Å².